The van der Waals surface area contributed by atoms with Gasteiger partial charge in [-0.15, -0.1) is 11.8 Å². The number of benzene rings is 3. The summed E-state index contributed by atoms with van der Waals surface area (Å²) in [4.78, 5) is 13.4. The molecule has 12 heteroatoms. The van der Waals surface area contributed by atoms with E-state index in [2.05, 4.69) is 12.1 Å². The van der Waals surface area contributed by atoms with Crippen molar-refractivity contribution in [3.05, 3.63) is 99.0 Å². The van der Waals surface area contributed by atoms with Gasteiger partial charge in [-0.3, -0.25) is 9.36 Å². The number of ether oxygens (including phenoxy) is 2. The molecule has 0 radical (unpaired) electrons. The quantitative estimate of drug-likeness (QED) is 0.189. The maximum atomic E-state index is 14.4. The largest absolute Gasteiger partial charge is 0.493 e. The molecule has 0 aliphatic carbocycles. The summed E-state index contributed by atoms with van der Waals surface area (Å²) in [7, 11) is 3.35. The molecule has 3 aromatic carbocycles. The standard InChI is InChI=1S/C38H39ClFN5O4S/c1-22-34-31-11-10-30(39)36(34)35-23(2)41-45(13-14-46)32(35)21-50-20-27-19-28(43(3)42-27)8-6-24-16-25-18-26(40)7-9-29(25)33(17-24)49-15-5-12-44(31)37(22)38(47)48-4/h7,9-11,16-19,46H,5-6,8,12-15,20-21H2,1-4H3. The lowest BCUT2D eigenvalue weighted by atomic mass is 9.97. The number of esters is 1. The number of rotatable bonds is 3. The van der Waals surface area contributed by atoms with Gasteiger partial charge in [-0.25, -0.2) is 9.18 Å². The van der Waals surface area contributed by atoms with Crippen LogP contribution < -0.4 is 4.74 Å². The highest BCUT2D eigenvalue weighted by Gasteiger charge is 2.28. The monoisotopic (exact) mass is 715 g/mol. The number of aliphatic hydroxyl groups is 1. The first-order valence-corrected chi connectivity index (χ1v) is 18.2. The SMILES string of the molecule is COC(=O)c1c(C)c2c3c(Cl)ccc2n1CCCOc1cc(cc2cc(F)ccc12)CCc1cc(nn1C)CSCc1c-3c(C)nn1CCO. The van der Waals surface area contributed by atoms with Crippen LogP contribution in [0.5, 0.6) is 5.75 Å². The zero-order valence-corrected chi connectivity index (χ0v) is 30.1. The van der Waals surface area contributed by atoms with Crippen LogP contribution in [0.2, 0.25) is 5.02 Å². The van der Waals surface area contributed by atoms with Gasteiger partial charge < -0.3 is 19.1 Å². The number of fused-ring (bicyclic) bond motifs is 8. The van der Waals surface area contributed by atoms with Crippen molar-refractivity contribution < 1.29 is 23.8 Å². The predicted molar refractivity (Wildman–Crippen MR) is 196 cm³/mol. The number of nitrogens with zero attached hydrogens (tertiary/aromatic N) is 5. The van der Waals surface area contributed by atoms with Gasteiger partial charge >= 0.3 is 5.97 Å². The smallest absolute Gasteiger partial charge is 0.354 e. The summed E-state index contributed by atoms with van der Waals surface area (Å²) in [6.45, 7) is 5.02. The van der Waals surface area contributed by atoms with Crippen LogP contribution in [0.3, 0.4) is 0 Å². The molecule has 0 atom stereocenters. The highest BCUT2D eigenvalue weighted by molar-refractivity contribution is 7.97. The van der Waals surface area contributed by atoms with E-state index in [4.69, 9.17) is 31.3 Å². The molecule has 0 saturated heterocycles. The number of aryl methyl sites for hydroxylation is 6. The molecule has 1 aliphatic rings. The molecule has 9 nitrogen and oxygen atoms in total. The molecule has 3 aromatic heterocycles. The molecule has 0 amide bonds. The molecule has 1 aliphatic heterocycles. The van der Waals surface area contributed by atoms with E-state index in [0.717, 1.165) is 79.5 Å². The Labute approximate surface area is 298 Å². The number of aromatic nitrogens is 5. The second-order valence-corrected chi connectivity index (χ2v) is 14.1. The van der Waals surface area contributed by atoms with E-state index in [0.29, 0.717) is 54.1 Å². The molecule has 0 saturated carbocycles. The molecule has 260 valence electrons. The van der Waals surface area contributed by atoms with Gasteiger partial charge in [0.15, 0.2) is 0 Å². The number of halogens is 2. The lowest BCUT2D eigenvalue weighted by Crippen LogP contribution is -2.13. The van der Waals surface area contributed by atoms with Crippen LogP contribution in [0.25, 0.3) is 32.8 Å². The van der Waals surface area contributed by atoms with Gasteiger partial charge in [-0.2, -0.15) is 10.2 Å². The van der Waals surface area contributed by atoms with Gasteiger partial charge in [0, 0.05) is 63.2 Å². The molecular formula is C38H39ClFN5O4S. The Morgan fingerprint density at radius 2 is 1.92 bits per heavy atom. The van der Waals surface area contributed by atoms with E-state index >= 15 is 0 Å². The lowest BCUT2D eigenvalue weighted by Gasteiger charge is -2.14. The third-order valence-corrected chi connectivity index (χ3v) is 10.8. The molecule has 8 bridgehead atoms. The number of hydrogen-bond acceptors (Lipinski definition) is 7. The Hall–Kier alpha value is -4.32. The molecule has 50 heavy (non-hydrogen) atoms. The zero-order valence-electron chi connectivity index (χ0n) is 28.6. The topological polar surface area (TPSA) is 96.3 Å². The molecule has 0 spiro atoms. The fourth-order valence-corrected chi connectivity index (χ4v) is 8.45. The number of thioether (sulfide) groups is 1. The molecule has 0 fully saturated rings. The first-order chi connectivity index (χ1) is 24.2. The van der Waals surface area contributed by atoms with Gasteiger partial charge in [-0.05, 0) is 92.1 Å². The Morgan fingerprint density at radius 3 is 2.72 bits per heavy atom. The summed E-state index contributed by atoms with van der Waals surface area (Å²) in [6.07, 6.45) is 2.08. The van der Waals surface area contributed by atoms with Crippen LogP contribution in [0.15, 0.2) is 48.5 Å². The highest BCUT2D eigenvalue weighted by atomic mass is 35.5. The van der Waals surface area contributed by atoms with Crippen LogP contribution >= 0.6 is 23.4 Å². The van der Waals surface area contributed by atoms with Crippen LogP contribution in [0.4, 0.5) is 4.39 Å². The molecule has 6 aromatic rings. The Balaban J connectivity index is 1.38. The minimum atomic E-state index is -0.435. The first-order valence-electron chi connectivity index (χ1n) is 16.7. The fourth-order valence-electron chi connectivity index (χ4n) is 7.26. The van der Waals surface area contributed by atoms with Gasteiger partial charge in [0.05, 0.1) is 44.0 Å². The second kappa shape index (κ2) is 14.1. The molecular weight excluding hydrogens is 677 g/mol. The molecule has 7 rings (SSSR count). The summed E-state index contributed by atoms with van der Waals surface area (Å²) in [5.41, 5.74) is 8.63. The number of carbonyl (C=O) groups excluding carboxylic acids is 1. The summed E-state index contributed by atoms with van der Waals surface area (Å²) < 4.78 is 31.8. The zero-order chi connectivity index (χ0) is 35.1. The Morgan fingerprint density at radius 1 is 1.08 bits per heavy atom. The maximum absolute atomic E-state index is 14.4. The number of hydrogen-bond donors (Lipinski definition) is 1. The Kier molecular flexibility index (Phi) is 9.65. The van der Waals surface area contributed by atoms with Crippen molar-refractivity contribution in [2.24, 2.45) is 7.05 Å². The molecule has 1 N–H and O–H groups in total. The minimum Gasteiger partial charge on any atom is -0.493 e. The van der Waals surface area contributed by atoms with Gasteiger partial charge in [0.2, 0.25) is 0 Å². The van der Waals surface area contributed by atoms with E-state index < -0.39 is 5.97 Å². The van der Waals surface area contributed by atoms with E-state index in [1.165, 1.54) is 13.2 Å². The number of methoxy groups -OCH3 is 1. The predicted octanol–water partition coefficient (Wildman–Crippen LogP) is 7.58. The third kappa shape index (κ3) is 6.27. The van der Waals surface area contributed by atoms with E-state index in [9.17, 15) is 14.3 Å². The summed E-state index contributed by atoms with van der Waals surface area (Å²) >= 11 is 8.78. The lowest BCUT2D eigenvalue weighted by molar-refractivity contribution is 0.0587. The second-order valence-electron chi connectivity index (χ2n) is 12.7. The molecule has 0 unspecified atom stereocenters. The molecule has 4 heterocycles. The van der Waals surface area contributed by atoms with Crippen LogP contribution in [0.1, 0.15) is 50.8 Å². The highest BCUT2D eigenvalue weighted by Crippen LogP contribution is 2.43. The van der Waals surface area contributed by atoms with Crippen molar-refractivity contribution >= 4 is 51.0 Å². The van der Waals surface area contributed by atoms with Crippen molar-refractivity contribution in [1.29, 1.82) is 0 Å². The first kappa shape index (κ1) is 34.1. The number of aliphatic hydroxyl groups excluding tert-OH is 1. The average molecular weight is 716 g/mol. The number of carbonyl (C=O) groups is 1. The third-order valence-electron chi connectivity index (χ3n) is 9.50. The van der Waals surface area contributed by atoms with Gasteiger partial charge in [0.25, 0.3) is 0 Å². The summed E-state index contributed by atoms with van der Waals surface area (Å²) in [5, 5.41) is 22.6. The summed E-state index contributed by atoms with van der Waals surface area (Å²) in [5.74, 6) is 1.24. The van der Waals surface area contributed by atoms with Crippen LogP contribution in [-0.4, -0.2) is 55.5 Å². The normalized spacial score (nSPS) is 14.1. The van der Waals surface area contributed by atoms with Crippen LogP contribution in [0, 0.1) is 19.7 Å². The van der Waals surface area contributed by atoms with Crippen molar-refractivity contribution in [3.63, 3.8) is 0 Å². The summed E-state index contributed by atoms with van der Waals surface area (Å²) in [6, 6.07) is 14.8. The maximum Gasteiger partial charge on any atom is 0.354 e. The Bertz CT molecular complexity index is 2260. The van der Waals surface area contributed by atoms with Crippen molar-refractivity contribution in [3.8, 4) is 16.9 Å². The van der Waals surface area contributed by atoms with Crippen molar-refractivity contribution in [1.82, 2.24) is 24.1 Å². The van der Waals surface area contributed by atoms with Gasteiger partial charge in [-0.1, -0.05) is 17.7 Å². The van der Waals surface area contributed by atoms with Crippen molar-refractivity contribution in [2.75, 3.05) is 20.3 Å². The minimum absolute atomic E-state index is 0.0588. The van der Waals surface area contributed by atoms with Gasteiger partial charge in [0.1, 0.15) is 17.3 Å². The van der Waals surface area contributed by atoms with Crippen molar-refractivity contribution in [2.45, 2.75) is 57.7 Å². The van der Waals surface area contributed by atoms with E-state index in [-0.39, 0.29) is 12.4 Å². The average Bonchev–Trinajstić information content (AvgIpc) is 3.70. The fraction of sp³-hybridized carbons (Fsp3) is 0.342. The van der Waals surface area contributed by atoms with Crippen LogP contribution in [-0.2, 0) is 49.2 Å². The van der Waals surface area contributed by atoms with E-state index in [1.54, 1.807) is 23.9 Å². The van der Waals surface area contributed by atoms with E-state index in [1.807, 2.05) is 53.0 Å².